The zero-order chi connectivity index (χ0) is 24.9. The first-order valence-electron chi connectivity index (χ1n) is 12.2. The maximum Gasteiger partial charge on any atom is 0.274 e. The number of fused-ring (bicyclic) bond motifs is 4. The summed E-state index contributed by atoms with van der Waals surface area (Å²) in [6, 6.07) is 5.82. The number of carbonyl (C=O) groups excluding carboxylic acids is 1. The van der Waals surface area contributed by atoms with Crippen molar-refractivity contribution in [1.29, 1.82) is 0 Å². The third-order valence-electron chi connectivity index (χ3n) is 6.99. The number of imidazole rings is 1. The van der Waals surface area contributed by atoms with Gasteiger partial charge in [0.1, 0.15) is 11.3 Å². The molecular formula is C27H28F2N4O2. The first-order valence-corrected chi connectivity index (χ1v) is 12.2. The molecule has 8 heteroatoms. The Kier molecular flexibility index (Phi) is 5.91. The second-order valence-electron chi connectivity index (χ2n) is 9.35. The van der Waals surface area contributed by atoms with Crippen LogP contribution in [0.2, 0.25) is 0 Å². The number of amides is 1. The molecule has 1 aliphatic rings. The number of hydrogen-bond donors (Lipinski definition) is 1. The Morgan fingerprint density at radius 1 is 1.09 bits per heavy atom. The van der Waals surface area contributed by atoms with E-state index in [9.17, 15) is 18.4 Å². The monoisotopic (exact) mass is 478 g/mol. The molecule has 0 saturated heterocycles. The molecule has 0 radical (unpaired) electrons. The number of anilines is 1. The highest BCUT2D eigenvalue weighted by Crippen LogP contribution is 2.33. The molecule has 0 aliphatic carbocycles. The van der Waals surface area contributed by atoms with E-state index in [2.05, 4.69) is 23.8 Å². The van der Waals surface area contributed by atoms with E-state index < -0.39 is 11.6 Å². The average Bonchev–Trinajstić information content (AvgIpc) is 3.44. The molecule has 0 atom stereocenters. The number of aromatic amines is 1. The predicted molar refractivity (Wildman–Crippen MR) is 132 cm³/mol. The molecule has 1 amide bonds. The van der Waals surface area contributed by atoms with Crippen LogP contribution >= 0.6 is 0 Å². The molecule has 0 bridgehead atoms. The summed E-state index contributed by atoms with van der Waals surface area (Å²) in [4.78, 5) is 35.4. The molecule has 1 aliphatic heterocycles. The minimum Gasteiger partial charge on any atom is -0.319 e. The van der Waals surface area contributed by atoms with Gasteiger partial charge < -0.3 is 9.88 Å². The van der Waals surface area contributed by atoms with Crippen LogP contribution in [0, 0.1) is 18.6 Å². The molecule has 35 heavy (non-hydrogen) atoms. The first-order chi connectivity index (χ1) is 16.8. The summed E-state index contributed by atoms with van der Waals surface area (Å²) in [6.45, 7) is 6.47. The highest BCUT2D eigenvalue weighted by molar-refractivity contribution is 6.09. The molecular weight excluding hydrogens is 450 g/mol. The van der Waals surface area contributed by atoms with Crippen molar-refractivity contribution in [2.75, 3.05) is 11.4 Å². The lowest BCUT2D eigenvalue weighted by molar-refractivity contribution is 0.0989. The summed E-state index contributed by atoms with van der Waals surface area (Å²) in [5.41, 5.74) is 3.66. The van der Waals surface area contributed by atoms with E-state index in [0.717, 1.165) is 54.7 Å². The Hall–Kier alpha value is -3.55. The topological polar surface area (TPSA) is 70.5 Å². The van der Waals surface area contributed by atoms with Crippen molar-refractivity contribution in [1.82, 2.24) is 14.4 Å². The van der Waals surface area contributed by atoms with Crippen LogP contribution in [0.4, 0.5) is 14.5 Å². The van der Waals surface area contributed by atoms with Crippen LogP contribution in [0.25, 0.3) is 16.6 Å². The third kappa shape index (κ3) is 3.81. The van der Waals surface area contributed by atoms with Crippen molar-refractivity contribution in [2.24, 2.45) is 0 Å². The van der Waals surface area contributed by atoms with Crippen LogP contribution in [0.5, 0.6) is 0 Å². The molecule has 4 aromatic rings. The van der Waals surface area contributed by atoms with Crippen LogP contribution in [-0.2, 0) is 6.42 Å². The van der Waals surface area contributed by atoms with E-state index in [0.29, 0.717) is 40.8 Å². The van der Waals surface area contributed by atoms with Crippen molar-refractivity contribution >= 4 is 28.1 Å². The number of halogens is 2. The van der Waals surface area contributed by atoms with Gasteiger partial charge in [-0.25, -0.2) is 13.8 Å². The van der Waals surface area contributed by atoms with E-state index in [1.807, 2.05) is 17.4 Å². The van der Waals surface area contributed by atoms with Gasteiger partial charge in [-0.15, -0.1) is 0 Å². The number of benzene rings is 2. The Morgan fingerprint density at radius 2 is 1.80 bits per heavy atom. The van der Waals surface area contributed by atoms with Crippen molar-refractivity contribution in [3.05, 3.63) is 75.0 Å². The molecule has 0 spiro atoms. The molecule has 0 fully saturated rings. The maximum absolute atomic E-state index is 13.9. The number of aryl methyl sites for hydroxylation is 1. The van der Waals surface area contributed by atoms with Crippen LogP contribution in [0.1, 0.15) is 72.8 Å². The number of carbonyl (C=O) groups is 1. The lowest BCUT2D eigenvalue weighted by Crippen LogP contribution is -2.29. The normalized spacial score (nSPS) is 13.4. The van der Waals surface area contributed by atoms with Crippen molar-refractivity contribution < 1.29 is 13.6 Å². The maximum atomic E-state index is 13.9. The lowest BCUT2D eigenvalue weighted by Gasteiger charge is -2.20. The number of H-pyrrole nitrogens is 1. The highest BCUT2D eigenvalue weighted by atomic mass is 19.2. The van der Waals surface area contributed by atoms with E-state index in [1.165, 1.54) is 4.90 Å². The molecule has 3 heterocycles. The Bertz CT molecular complexity index is 1520. The smallest absolute Gasteiger partial charge is 0.274 e. The van der Waals surface area contributed by atoms with Crippen molar-refractivity contribution in [2.45, 2.75) is 58.8 Å². The van der Waals surface area contributed by atoms with Gasteiger partial charge >= 0.3 is 0 Å². The fraction of sp³-hybridized carbons (Fsp3) is 0.370. The van der Waals surface area contributed by atoms with Gasteiger partial charge in [-0.1, -0.05) is 26.7 Å². The van der Waals surface area contributed by atoms with E-state index in [-0.39, 0.29) is 17.4 Å². The van der Waals surface area contributed by atoms with Gasteiger partial charge in [0.25, 0.3) is 11.5 Å². The number of nitrogens with one attached hydrogen (secondary N) is 1. The van der Waals surface area contributed by atoms with Crippen LogP contribution in [0.15, 0.2) is 35.3 Å². The minimum absolute atomic E-state index is 0.232. The fourth-order valence-corrected chi connectivity index (χ4v) is 5.30. The molecule has 2 aromatic carbocycles. The zero-order valence-electron chi connectivity index (χ0n) is 20.1. The SMILES string of the molecule is CCCC(CCC)c1ncc2c(=O)[nH]c3cc(C(=O)N4CCc5cc(F)c(F)cc54)c(C)cc3n12. The van der Waals surface area contributed by atoms with Crippen LogP contribution in [-0.4, -0.2) is 26.8 Å². The van der Waals surface area contributed by atoms with Crippen LogP contribution in [0.3, 0.4) is 0 Å². The number of aromatic nitrogens is 3. The second-order valence-corrected chi connectivity index (χ2v) is 9.35. The first kappa shape index (κ1) is 23.2. The highest BCUT2D eigenvalue weighted by Gasteiger charge is 2.29. The van der Waals surface area contributed by atoms with E-state index in [4.69, 9.17) is 0 Å². The zero-order valence-corrected chi connectivity index (χ0v) is 20.1. The molecule has 6 nitrogen and oxygen atoms in total. The Balaban J connectivity index is 1.64. The number of hydrogen-bond acceptors (Lipinski definition) is 3. The summed E-state index contributed by atoms with van der Waals surface area (Å²) in [5.74, 6) is -1.11. The molecule has 0 unspecified atom stereocenters. The molecule has 2 aromatic heterocycles. The average molecular weight is 479 g/mol. The quantitative estimate of drug-likeness (QED) is 0.389. The van der Waals surface area contributed by atoms with Gasteiger partial charge in [0.05, 0.1) is 22.9 Å². The van der Waals surface area contributed by atoms with E-state index in [1.54, 1.807) is 12.3 Å². The van der Waals surface area contributed by atoms with Gasteiger partial charge in [-0.2, -0.15) is 0 Å². The van der Waals surface area contributed by atoms with Gasteiger partial charge in [0, 0.05) is 24.1 Å². The van der Waals surface area contributed by atoms with Gasteiger partial charge in [0.2, 0.25) is 0 Å². The second kappa shape index (κ2) is 8.91. The molecule has 182 valence electrons. The fourth-order valence-electron chi connectivity index (χ4n) is 5.30. The Morgan fingerprint density at radius 3 is 2.51 bits per heavy atom. The predicted octanol–water partition coefficient (Wildman–Crippen LogP) is 5.65. The molecule has 0 saturated carbocycles. The summed E-state index contributed by atoms with van der Waals surface area (Å²) < 4.78 is 29.5. The van der Waals surface area contributed by atoms with E-state index >= 15 is 0 Å². The van der Waals surface area contributed by atoms with Gasteiger partial charge in [0.15, 0.2) is 11.6 Å². The number of rotatable bonds is 6. The molecule has 5 rings (SSSR count). The third-order valence-corrected chi connectivity index (χ3v) is 6.99. The number of nitrogens with zero attached hydrogens (tertiary/aromatic N) is 3. The summed E-state index contributed by atoms with van der Waals surface area (Å²) >= 11 is 0. The largest absolute Gasteiger partial charge is 0.319 e. The van der Waals surface area contributed by atoms with Gasteiger partial charge in [-0.3, -0.25) is 14.0 Å². The summed E-state index contributed by atoms with van der Waals surface area (Å²) in [6.07, 6.45) is 6.05. The summed E-state index contributed by atoms with van der Waals surface area (Å²) in [7, 11) is 0. The van der Waals surface area contributed by atoms with Crippen molar-refractivity contribution in [3.8, 4) is 0 Å². The van der Waals surface area contributed by atoms with Gasteiger partial charge in [-0.05, 0) is 55.5 Å². The summed E-state index contributed by atoms with van der Waals surface area (Å²) in [5, 5.41) is 0. The lowest BCUT2D eigenvalue weighted by atomic mass is 9.97. The van der Waals surface area contributed by atoms with Crippen LogP contribution < -0.4 is 10.5 Å². The standard InChI is InChI=1S/C27H28F2N4O2/c1-4-6-16(7-5-2)25-30-14-24-26(34)31-21-12-18(15(3)10-23(21)33(24)25)27(35)32-9-8-17-11-19(28)20(29)13-22(17)32/h10-14,16H,4-9H2,1-3H3,(H,31,34). The molecule has 1 N–H and O–H groups in total. The van der Waals surface area contributed by atoms with Crippen molar-refractivity contribution in [3.63, 3.8) is 0 Å². The minimum atomic E-state index is -0.980. The Labute approximate surface area is 201 Å².